The second-order valence-electron chi connectivity index (χ2n) is 0.500. The van der Waals surface area contributed by atoms with Crippen molar-refractivity contribution in [2.45, 2.75) is 9.26 Å². The van der Waals surface area contributed by atoms with Crippen LogP contribution in [0.1, 0.15) is 0 Å². The summed E-state index contributed by atoms with van der Waals surface area (Å²) in [5.74, 6) is 0. The Hall–Kier alpha value is 0.803. The summed E-state index contributed by atoms with van der Waals surface area (Å²) in [5.41, 5.74) is 0. The predicted molar refractivity (Wildman–Crippen MR) is 15.6 cm³/mol. The Bertz CT molecular complexity index is 7.61. The largest absolute Gasteiger partial charge is 0.870 e. The number of hydrogen-bond acceptors (Lipinski definition) is 2. The molecule has 0 fully saturated rings. The first-order valence-electron chi connectivity index (χ1n) is 1.00. The summed E-state index contributed by atoms with van der Waals surface area (Å²) >= 11 is 0.230. The van der Waals surface area contributed by atoms with Gasteiger partial charge in [-0.25, -0.2) is 0 Å². The van der Waals surface area contributed by atoms with Crippen molar-refractivity contribution in [1.29, 1.82) is 0 Å². The monoisotopic (exact) mass is 154 g/mol. The van der Waals surface area contributed by atoms with Gasteiger partial charge in [0.25, 0.3) is 0 Å². The Morgan fingerprint density at radius 1 is 1.00 bits per heavy atom. The zero-order valence-corrected chi connectivity index (χ0v) is 5.85. The van der Waals surface area contributed by atoms with Crippen molar-refractivity contribution in [2.24, 2.45) is 0 Å². The Morgan fingerprint density at radius 2 is 1.00 bits per heavy atom. The zero-order valence-electron chi connectivity index (χ0n) is 3.39. The van der Waals surface area contributed by atoms with E-state index in [0.717, 1.165) is 0 Å². The normalized spacial score (nSPS) is 2.00. The summed E-state index contributed by atoms with van der Waals surface area (Å²) < 4.78 is 4.59. The molecule has 0 aromatic heterocycles. The van der Waals surface area contributed by atoms with Crippen LogP contribution >= 0.6 is 0 Å². The van der Waals surface area contributed by atoms with Crippen LogP contribution in [0.25, 0.3) is 0 Å². The van der Waals surface area contributed by atoms with Crippen LogP contribution in [-0.4, -0.2) is 11.0 Å². The van der Waals surface area contributed by atoms with E-state index >= 15 is 0 Å². The minimum atomic E-state index is 0. The molecule has 0 aromatic carbocycles. The van der Waals surface area contributed by atoms with Gasteiger partial charge in [0.1, 0.15) is 0 Å². The standard InChI is InChI=1S/2CH3.2H2O.Zr/h2*1H3;2*1H2;/q;;;;+2/p-2. The Morgan fingerprint density at radius 3 is 1.00 bits per heavy atom. The Balaban J connectivity index is -0.0000000200. The molecule has 2 N–H and O–H groups in total. The third kappa shape index (κ3) is 58.5. The third-order valence-corrected chi connectivity index (χ3v) is 0. The van der Waals surface area contributed by atoms with E-state index in [1.54, 1.807) is 0 Å². The molecule has 0 amide bonds. The molecule has 2 nitrogen and oxygen atoms in total. The molecule has 0 aliphatic carbocycles. The first kappa shape index (κ1) is 17.0. The minimum Gasteiger partial charge on any atom is -0.870 e. The molecule has 0 heterocycles. The topological polar surface area (TPSA) is 60.0 Å². The average Bonchev–Trinajstić information content (AvgIpc) is 0.918. The quantitative estimate of drug-likeness (QED) is 0.520. The van der Waals surface area contributed by atoms with Gasteiger partial charge in [-0.2, -0.15) is 0 Å². The SMILES string of the molecule is [CH3][Zr+2][CH3].[OH-].[OH-]. The van der Waals surface area contributed by atoms with E-state index in [9.17, 15) is 0 Å². The Kier molecular flexibility index (Phi) is 72.8. The molecule has 0 aliphatic rings. The van der Waals surface area contributed by atoms with Crippen molar-refractivity contribution in [1.82, 2.24) is 0 Å². The van der Waals surface area contributed by atoms with Gasteiger partial charge in [-0.3, -0.25) is 0 Å². The van der Waals surface area contributed by atoms with E-state index in [-0.39, 0.29) is 34.2 Å². The van der Waals surface area contributed by atoms with Crippen LogP contribution in [0.2, 0.25) is 9.26 Å². The molecular formula is C2H8O2Zr. The molecule has 0 spiro atoms. The van der Waals surface area contributed by atoms with Gasteiger partial charge in [0.05, 0.1) is 0 Å². The molecule has 3 heteroatoms. The van der Waals surface area contributed by atoms with Gasteiger partial charge in [0, 0.05) is 0 Å². The Labute approximate surface area is 43.8 Å². The second kappa shape index (κ2) is 21.4. The molecule has 0 aromatic rings. The smallest absolute Gasteiger partial charge is 0.870 e. The van der Waals surface area contributed by atoms with E-state index in [2.05, 4.69) is 9.26 Å². The maximum atomic E-state index is 2.30. The fraction of sp³-hybridized carbons (Fsp3) is 1.00. The maximum absolute atomic E-state index is 2.30. The van der Waals surface area contributed by atoms with Crippen molar-refractivity contribution in [2.75, 3.05) is 0 Å². The van der Waals surface area contributed by atoms with Gasteiger partial charge in [0.2, 0.25) is 0 Å². The third-order valence-electron chi connectivity index (χ3n) is 0. The number of rotatable bonds is 0. The molecule has 0 atom stereocenters. The summed E-state index contributed by atoms with van der Waals surface area (Å²) in [6.45, 7) is 0. The predicted octanol–water partition coefficient (Wildman–Crippen LogP) is 0.812. The molecule has 0 aliphatic heterocycles. The molecule has 0 unspecified atom stereocenters. The van der Waals surface area contributed by atoms with E-state index < -0.39 is 0 Å². The molecule has 0 rings (SSSR count). The van der Waals surface area contributed by atoms with Crippen molar-refractivity contribution in [3.63, 3.8) is 0 Å². The summed E-state index contributed by atoms with van der Waals surface area (Å²) in [6.07, 6.45) is 0. The second-order valence-corrected chi connectivity index (χ2v) is 2.96. The maximum Gasteiger partial charge on any atom is -0.870 e. The molecule has 0 saturated heterocycles. The van der Waals surface area contributed by atoms with Crippen LogP contribution in [0.4, 0.5) is 0 Å². The minimum absolute atomic E-state index is 0. The molecule has 0 saturated carbocycles. The van der Waals surface area contributed by atoms with Crippen LogP contribution in [0, 0.1) is 0 Å². The molecule has 5 heavy (non-hydrogen) atoms. The van der Waals surface area contributed by atoms with Crippen molar-refractivity contribution < 1.29 is 34.2 Å². The molecule has 0 bridgehead atoms. The van der Waals surface area contributed by atoms with Gasteiger partial charge >= 0.3 is 32.5 Å². The van der Waals surface area contributed by atoms with Crippen molar-refractivity contribution in [3.05, 3.63) is 0 Å². The summed E-state index contributed by atoms with van der Waals surface area (Å²) in [6, 6.07) is 0. The van der Waals surface area contributed by atoms with Crippen molar-refractivity contribution >= 4 is 0 Å². The van der Waals surface area contributed by atoms with E-state index in [0.29, 0.717) is 0 Å². The van der Waals surface area contributed by atoms with E-state index in [4.69, 9.17) is 0 Å². The summed E-state index contributed by atoms with van der Waals surface area (Å²) in [5, 5.41) is 0. The molecule has 0 radical (unpaired) electrons. The summed E-state index contributed by atoms with van der Waals surface area (Å²) in [7, 11) is 0. The van der Waals surface area contributed by atoms with Crippen LogP contribution in [-0.2, 0) is 23.2 Å². The average molecular weight is 155 g/mol. The van der Waals surface area contributed by atoms with Crippen LogP contribution < -0.4 is 0 Å². The van der Waals surface area contributed by atoms with Crippen molar-refractivity contribution in [3.8, 4) is 0 Å². The van der Waals surface area contributed by atoms with Gasteiger partial charge in [-0.15, -0.1) is 0 Å². The first-order chi connectivity index (χ1) is 1.41. The van der Waals surface area contributed by atoms with Gasteiger partial charge in [-0.1, -0.05) is 0 Å². The fourth-order valence-electron chi connectivity index (χ4n) is 0. The van der Waals surface area contributed by atoms with E-state index in [1.807, 2.05) is 0 Å². The van der Waals surface area contributed by atoms with Crippen LogP contribution in [0.3, 0.4) is 0 Å². The summed E-state index contributed by atoms with van der Waals surface area (Å²) in [4.78, 5) is 0. The van der Waals surface area contributed by atoms with Gasteiger partial charge < -0.3 is 11.0 Å². The van der Waals surface area contributed by atoms with Crippen LogP contribution in [0.15, 0.2) is 0 Å². The zero-order chi connectivity index (χ0) is 2.71. The molecular weight excluding hydrogens is 147 g/mol. The van der Waals surface area contributed by atoms with Gasteiger partial charge in [-0.05, 0) is 0 Å². The van der Waals surface area contributed by atoms with E-state index in [1.165, 1.54) is 0 Å². The first-order valence-corrected chi connectivity index (χ1v) is 5.92. The molecule has 32 valence electrons. The van der Waals surface area contributed by atoms with Crippen LogP contribution in [0.5, 0.6) is 0 Å². The van der Waals surface area contributed by atoms with Gasteiger partial charge in [0.15, 0.2) is 0 Å². The fourth-order valence-corrected chi connectivity index (χ4v) is 0. The number of hydrogen-bond donors (Lipinski definition) is 0.